The fourth-order valence-corrected chi connectivity index (χ4v) is 1.87. The highest BCUT2D eigenvalue weighted by atomic mass is 16.5. The van der Waals surface area contributed by atoms with E-state index < -0.39 is 12.1 Å². The van der Waals surface area contributed by atoms with E-state index in [0.717, 1.165) is 13.0 Å². The Kier molecular flexibility index (Phi) is 8.67. The molecule has 0 aromatic carbocycles. The molecule has 126 valence electrons. The molecule has 0 saturated heterocycles. The lowest BCUT2D eigenvalue weighted by molar-refractivity contribution is -0.893. The summed E-state index contributed by atoms with van der Waals surface area (Å²) < 4.78 is 5.49. The molecule has 0 fully saturated rings. The van der Waals surface area contributed by atoms with Crippen LogP contribution in [0, 0.1) is 0 Å². The molecule has 1 atom stereocenters. The van der Waals surface area contributed by atoms with Gasteiger partial charge in [-0.2, -0.15) is 0 Å². The first kappa shape index (κ1) is 20.3. The van der Waals surface area contributed by atoms with E-state index in [4.69, 9.17) is 4.74 Å². The van der Waals surface area contributed by atoms with Crippen LogP contribution in [0.4, 0.5) is 0 Å². The lowest BCUT2D eigenvalue weighted by Crippen LogP contribution is -2.48. The second-order valence-electron chi connectivity index (χ2n) is 6.26. The fraction of sp³-hybridized carbons (Fsp3) is 0.625. The molecule has 0 heterocycles. The highest BCUT2D eigenvalue weighted by molar-refractivity contribution is 5.92. The molecule has 0 aromatic rings. The van der Waals surface area contributed by atoms with Crippen LogP contribution in [0.15, 0.2) is 24.3 Å². The van der Waals surface area contributed by atoms with Crippen LogP contribution in [0.5, 0.6) is 0 Å². The van der Waals surface area contributed by atoms with E-state index in [1.807, 2.05) is 14.1 Å². The maximum Gasteiger partial charge on any atom is 0.333 e. The SMILES string of the molecule is C=C(C)C(=O)NCCC[N+](C)(C)CC(O)COC(=O)C(=C)C. The minimum Gasteiger partial charge on any atom is -0.459 e. The summed E-state index contributed by atoms with van der Waals surface area (Å²) in [7, 11) is 3.95. The zero-order valence-electron chi connectivity index (χ0n) is 14.1. The molecular formula is C16H29N2O4+. The molecule has 0 bridgehead atoms. The Morgan fingerprint density at radius 3 is 2.32 bits per heavy atom. The van der Waals surface area contributed by atoms with Crippen molar-refractivity contribution in [1.82, 2.24) is 5.32 Å². The average Bonchev–Trinajstić information content (AvgIpc) is 2.39. The maximum atomic E-state index is 11.3. The number of carbonyl (C=O) groups excluding carboxylic acids is 2. The van der Waals surface area contributed by atoms with Crippen molar-refractivity contribution in [3.8, 4) is 0 Å². The summed E-state index contributed by atoms with van der Waals surface area (Å²) in [5.74, 6) is -0.635. The van der Waals surface area contributed by atoms with E-state index >= 15 is 0 Å². The number of nitrogens with one attached hydrogen (secondary N) is 1. The molecule has 22 heavy (non-hydrogen) atoms. The minimum atomic E-state index is -0.733. The first-order valence-corrected chi connectivity index (χ1v) is 7.31. The molecule has 0 aliphatic rings. The summed E-state index contributed by atoms with van der Waals surface area (Å²) in [4.78, 5) is 22.6. The monoisotopic (exact) mass is 313 g/mol. The molecular weight excluding hydrogens is 284 g/mol. The van der Waals surface area contributed by atoms with Gasteiger partial charge in [0.1, 0.15) is 19.3 Å². The number of likely N-dealkylation sites (N-methyl/N-ethyl adjacent to an activating group) is 1. The van der Waals surface area contributed by atoms with Gasteiger partial charge >= 0.3 is 5.97 Å². The lowest BCUT2D eigenvalue weighted by atomic mass is 10.2. The minimum absolute atomic E-state index is 0.0419. The van der Waals surface area contributed by atoms with Crippen LogP contribution in [0.1, 0.15) is 20.3 Å². The quantitative estimate of drug-likeness (QED) is 0.268. The molecule has 0 radical (unpaired) electrons. The van der Waals surface area contributed by atoms with E-state index in [1.165, 1.54) is 0 Å². The summed E-state index contributed by atoms with van der Waals surface area (Å²) in [6.07, 6.45) is 0.0490. The van der Waals surface area contributed by atoms with Gasteiger partial charge in [-0.1, -0.05) is 13.2 Å². The number of rotatable bonds is 10. The van der Waals surface area contributed by atoms with Crippen molar-refractivity contribution in [2.75, 3.05) is 40.3 Å². The second kappa shape index (κ2) is 9.38. The van der Waals surface area contributed by atoms with Gasteiger partial charge in [0.25, 0.3) is 0 Å². The number of amides is 1. The maximum absolute atomic E-state index is 11.3. The molecule has 0 aliphatic heterocycles. The zero-order valence-corrected chi connectivity index (χ0v) is 14.1. The zero-order chi connectivity index (χ0) is 17.3. The number of hydrogen-bond acceptors (Lipinski definition) is 4. The summed E-state index contributed by atoms with van der Waals surface area (Å²) in [5.41, 5.74) is 0.803. The van der Waals surface area contributed by atoms with E-state index in [1.54, 1.807) is 13.8 Å². The molecule has 6 nitrogen and oxygen atoms in total. The highest BCUT2D eigenvalue weighted by Crippen LogP contribution is 2.03. The van der Waals surface area contributed by atoms with Crippen molar-refractivity contribution in [3.63, 3.8) is 0 Å². The summed E-state index contributed by atoms with van der Waals surface area (Å²) >= 11 is 0. The molecule has 0 aromatic heterocycles. The number of hydrogen-bond donors (Lipinski definition) is 2. The van der Waals surface area contributed by atoms with Gasteiger partial charge in [0.2, 0.25) is 5.91 Å². The van der Waals surface area contributed by atoms with E-state index in [0.29, 0.717) is 28.7 Å². The van der Waals surface area contributed by atoms with Gasteiger partial charge in [0.05, 0.1) is 20.6 Å². The normalized spacial score (nSPS) is 12.4. The topological polar surface area (TPSA) is 75.6 Å². The molecule has 2 N–H and O–H groups in total. The number of quaternary nitrogens is 1. The van der Waals surface area contributed by atoms with E-state index in [-0.39, 0.29) is 12.5 Å². The molecule has 6 heteroatoms. The van der Waals surface area contributed by atoms with Gasteiger partial charge in [0, 0.05) is 24.1 Å². The molecule has 0 rings (SSSR count). The summed E-state index contributed by atoms with van der Waals surface area (Å²) in [6.45, 7) is 12.0. The van der Waals surface area contributed by atoms with Crippen LogP contribution >= 0.6 is 0 Å². The van der Waals surface area contributed by atoms with Gasteiger partial charge < -0.3 is 19.6 Å². The number of carbonyl (C=O) groups is 2. The molecule has 0 spiro atoms. The third kappa shape index (κ3) is 9.31. The van der Waals surface area contributed by atoms with E-state index in [9.17, 15) is 14.7 Å². The Morgan fingerprint density at radius 1 is 1.23 bits per heavy atom. The van der Waals surface area contributed by atoms with Crippen LogP contribution in [0.2, 0.25) is 0 Å². The van der Waals surface area contributed by atoms with Crippen molar-refractivity contribution in [3.05, 3.63) is 24.3 Å². The standard InChI is InChI=1S/C16H28N2O4/c1-12(2)15(20)17-8-7-9-18(5,6)10-14(19)11-22-16(21)13(3)4/h14,19H,1,3,7-11H2,2,4-6H3/p+1. The largest absolute Gasteiger partial charge is 0.459 e. The Balaban J connectivity index is 4.02. The molecule has 0 aliphatic carbocycles. The van der Waals surface area contributed by atoms with Gasteiger partial charge in [-0.05, 0) is 13.8 Å². The van der Waals surface area contributed by atoms with Crippen molar-refractivity contribution in [2.45, 2.75) is 26.4 Å². The first-order chi connectivity index (χ1) is 10.0. The van der Waals surface area contributed by atoms with Crippen LogP contribution in [-0.2, 0) is 14.3 Å². The smallest absolute Gasteiger partial charge is 0.333 e. The number of aliphatic hydroxyl groups is 1. The van der Waals surface area contributed by atoms with E-state index in [2.05, 4.69) is 18.5 Å². The van der Waals surface area contributed by atoms with Crippen LogP contribution in [0.25, 0.3) is 0 Å². The number of nitrogens with zero attached hydrogens (tertiary/aromatic N) is 1. The van der Waals surface area contributed by atoms with Crippen LogP contribution in [-0.4, -0.2) is 67.9 Å². The Bertz CT molecular complexity index is 430. The van der Waals surface area contributed by atoms with Crippen molar-refractivity contribution in [1.29, 1.82) is 0 Å². The summed E-state index contributed by atoms with van der Waals surface area (Å²) in [5, 5.41) is 12.7. The third-order valence-corrected chi connectivity index (χ3v) is 3.07. The number of ether oxygens (including phenoxy) is 1. The van der Waals surface area contributed by atoms with Crippen molar-refractivity contribution >= 4 is 11.9 Å². The molecule has 1 amide bonds. The predicted molar refractivity (Wildman–Crippen MR) is 86.1 cm³/mol. The van der Waals surface area contributed by atoms with Crippen molar-refractivity contribution < 1.29 is 23.9 Å². The number of aliphatic hydroxyl groups excluding tert-OH is 1. The summed E-state index contributed by atoms with van der Waals surface area (Å²) in [6, 6.07) is 0. The van der Waals surface area contributed by atoms with Crippen LogP contribution < -0.4 is 5.32 Å². The lowest BCUT2D eigenvalue weighted by Gasteiger charge is -2.31. The fourth-order valence-electron chi connectivity index (χ4n) is 1.87. The van der Waals surface area contributed by atoms with Gasteiger partial charge in [-0.3, -0.25) is 4.79 Å². The second-order valence-corrected chi connectivity index (χ2v) is 6.26. The third-order valence-electron chi connectivity index (χ3n) is 3.07. The first-order valence-electron chi connectivity index (χ1n) is 7.31. The molecule has 1 unspecified atom stereocenters. The van der Waals surface area contributed by atoms with Crippen LogP contribution in [0.3, 0.4) is 0 Å². The van der Waals surface area contributed by atoms with Gasteiger partial charge in [-0.25, -0.2) is 4.79 Å². The average molecular weight is 313 g/mol. The number of esters is 1. The van der Waals surface area contributed by atoms with Gasteiger partial charge in [-0.15, -0.1) is 0 Å². The highest BCUT2D eigenvalue weighted by Gasteiger charge is 2.21. The Hall–Kier alpha value is -1.66. The Labute approximate surface area is 133 Å². The van der Waals surface area contributed by atoms with Crippen molar-refractivity contribution in [2.24, 2.45) is 0 Å². The van der Waals surface area contributed by atoms with Gasteiger partial charge in [0.15, 0.2) is 0 Å². The Morgan fingerprint density at radius 2 is 1.82 bits per heavy atom. The molecule has 0 saturated carbocycles. The predicted octanol–water partition coefficient (Wildman–Crippen LogP) is 0.625.